The van der Waals surface area contributed by atoms with Crippen molar-refractivity contribution in [1.82, 2.24) is 0 Å². The highest BCUT2D eigenvalue weighted by molar-refractivity contribution is 5.88. The number of non-ortho nitro benzene ring substituents is 1. The molecule has 220 valence electrons. The van der Waals surface area contributed by atoms with Gasteiger partial charge < -0.3 is 9.80 Å². The van der Waals surface area contributed by atoms with E-state index >= 15 is 0 Å². The molecular weight excluding hydrogens is 554 g/mol. The zero-order chi connectivity index (χ0) is 31.1. The van der Waals surface area contributed by atoms with Crippen molar-refractivity contribution in [2.75, 3.05) is 9.80 Å². The topological polar surface area (TPSA) is 49.6 Å². The van der Waals surface area contributed by atoms with Crippen LogP contribution in [0.1, 0.15) is 30.5 Å². The predicted octanol–water partition coefficient (Wildman–Crippen LogP) is 11.1. The minimum atomic E-state index is -0.345. The highest BCUT2D eigenvalue weighted by Crippen LogP contribution is 2.52. The number of nitro benzene ring substituents is 1. The van der Waals surface area contributed by atoms with E-state index in [2.05, 4.69) is 116 Å². The summed E-state index contributed by atoms with van der Waals surface area (Å²) in [6, 6.07) is 49.3. The molecule has 5 heteroatoms. The molecule has 0 unspecified atom stereocenters. The van der Waals surface area contributed by atoms with Crippen LogP contribution in [0.3, 0.4) is 0 Å². The van der Waals surface area contributed by atoms with Gasteiger partial charge in [-0.1, -0.05) is 80.6 Å². The van der Waals surface area contributed by atoms with E-state index in [1.807, 2.05) is 42.5 Å². The summed E-state index contributed by atoms with van der Waals surface area (Å²) in [4.78, 5) is 15.7. The second-order valence-electron chi connectivity index (χ2n) is 12.0. The van der Waals surface area contributed by atoms with Gasteiger partial charge in [0.2, 0.25) is 0 Å². The molecule has 0 radical (unpaired) electrons. The lowest BCUT2D eigenvalue weighted by atomic mass is 9.82. The number of nitrogens with zero attached hydrogens (tertiary/aromatic N) is 3. The first-order chi connectivity index (χ1) is 21.8. The van der Waals surface area contributed by atoms with Crippen LogP contribution in [0.15, 0.2) is 146 Å². The van der Waals surface area contributed by atoms with Gasteiger partial charge in [-0.05, 0) is 101 Å². The van der Waals surface area contributed by atoms with Gasteiger partial charge in [-0.2, -0.15) is 0 Å². The number of fused-ring (bicyclic) bond motifs is 3. The fourth-order valence-corrected chi connectivity index (χ4v) is 6.55. The van der Waals surface area contributed by atoms with Gasteiger partial charge in [0.05, 0.1) is 10.6 Å². The monoisotopic (exact) mass is 587 g/mol. The van der Waals surface area contributed by atoms with Crippen molar-refractivity contribution >= 4 is 39.8 Å². The summed E-state index contributed by atoms with van der Waals surface area (Å²) < 4.78 is 0. The molecule has 1 aliphatic rings. The second-order valence-corrected chi connectivity index (χ2v) is 12.0. The summed E-state index contributed by atoms with van der Waals surface area (Å²) in [6.07, 6.45) is 0. The molecule has 0 fully saturated rings. The minimum Gasteiger partial charge on any atom is -0.310 e. The maximum Gasteiger partial charge on any atom is 0.271 e. The number of anilines is 6. The van der Waals surface area contributed by atoms with Crippen LogP contribution in [0.2, 0.25) is 0 Å². The molecule has 0 atom stereocenters. The fraction of sp³-hybridized carbons (Fsp3) is 0.100. The Morgan fingerprint density at radius 3 is 1.44 bits per heavy atom. The van der Waals surface area contributed by atoms with Gasteiger partial charge in [-0.3, -0.25) is 10.1 Å². The molecule has 0 aliphatic heterocycles. The average Bonchev–Trinajstić information content (AvgIpc) is 3.28. The molecule has 0 saturated carbocycles. The number of benzene rings is 6. The highest BCUT2D eigenvalue weighted by atomic mass is 16.6. The Balaban J connectivity index is 1.34. The first-order valence-corrected chi connectivity index (χ1v) is 15.1. The third-order valence-electron chi connectivity index (χ3n) is 8.75. The van der Waals surface area contributed by atoms with Crippen LogP contribution in [-0.2, 0) is 5.41 Å². The van der Waals surface area contributed by atoms with E-state index in [1.165, 1.54) is 33.9 Å². The molecule has 0 bridgehead atoms. The molecule has 6 aromatic rings. The molecule has 45 heavy (non-hydrogen) atoms. The first kappa shape index (κ1) is 28.1. The van der Waals surface area contributed by atoms with Crippen LogP contribution in [0.4, 0.5) is 39.8 Å². The zero-order valence-electron chi connectivity index (χ0n) is 25.5. The van der Waals surface area contributed by atoms with Gasteiger partial charge in [0.15, 0.2) is 0 Å². The van der Waals surface area contributed by atoms with Gasteiger partial charge in [0.25, 0.3) is 5.69 Å². The van der Waals surface area contributed by atoms with Gasteiger partial charge >= 0.3 is 0 Å². The Morgan fingerprint density at radius 1 is 0.511 bits per heavy atom. The number of hydrogen-bond acceptors (Lipinski definition) is 4. The average molecular weight is 588 g/mol. The van der Waals surface area contributed by atoms with Crippen LogP contribution in [0.25, 0.3) is 11.1 Å². The SMILES string of the molecule is Cc1cccc(N(c2ccccc2)c2ccc3c(c2)C(C)(C)c2cc(N(c4ccccc4)c4cccc([N+](=O)[O-])c4)ccc2-3)c1. The van der Waals surface area contributed by atoms with E-state index in [0.29, 0.717) is 0 Å². The maximum atomic E-state index is 11.7. The van der Waals surface area contributed by atoms with Gasteiger partial charge in [0, 0.05) is 46.0 Å². The molecular formula is C40H33N3O2. The van der Waals surface area contributed by atoms with Crippen molar-refractivity contribution in [3.8, 4) is 11.1 Å². The molecule has 5 nitrogen and oxygen atoms in total. The number of para-hydroxylation sites is 2. The normalized spacial score (nSPS) is 12.7. The molecule has 1 aliphatic carbocycles. The molecule has 7 rings (SSSR count). The first-order valence-electron chi connectivity index (χ1n) is 15.1. The van der Waals surface area contributed by atoms with E-state index in [0.717, 1.165) is 34.1 Å². The Bertz CT molecular complexity index is 2040. The van der Waals surface area contributed by atoms with Crippen LogP contribution >= 0.6 is 0 Å². The molecule has 6 aromatic carbocycles. The van der Waals surface area contributed by atoms with Crippen molar-refractivity contribution in [3.63, 3.8) is 0 Å². The Kier molecular flexibility index (Phi) is 6.94. The van der Waals surface area contributed by atoms with E-state index in [9.17, 15) is 10.1 Å². The zero-order valence-corrected chi connectivity index (χ0v) is 25.5. The molecule has 0 amide bonds. The van der Waals surface area contributed by atoms with Crippen LogP contribution in [0.5, 0.6) is 0 Å². The molecule has 0 saturated heterocycles. The highest BCUT2D eigenvalue weighted by Gasteiger charge is 2.37. The number of nitro groups is 1. The number of hydrogen-bond donors (Lipinski definition) is 0. The van der Waals surface area contributed by atoms with Gasteiger partial charge in [-0.25, -0.2) is 0 Å². The minimum absolute atomic E-state index is 0.0615. The fourth-order valence-electron chi connectivity index (χ4n) is 6.55. The predicted molar refractivity (Wildman–Crippen MR) is 185 cm³/mol. The lowest BCUT2D eigenvalue weighted by molar-refractivity contribution is -0.384. The Hall–Kier alpha value is -5.68. The lowest BCUT2D eigenvalue weighted by Crippen LogP contribution is -2.17. The second kappa shape index (κ2) is 11.1. The summed E-state index contributed by atoms with van der Waals surface area (Å²) >= 11 is 0. The molecule has 0 spiro atoms. The van der Waals surface area contributed by atoms with Crippen LogP contribution < -0.4 is 9.80 Å². The van der Waals surface area contributed by atoms with Gasteiger partial charge in [0.1, 0.15) is 0 Å². The molecule has 0 heterocycles. The van der Waals surface area contributed by atoms with E-state index in [4.69, 9.17) is 0 Å². The molecule has 0 aromatic heterocycles. The van der Waals surface area contributed by atoms with Crippen molar-refractivity contribution in [2.24, 2.45) is 0 Å². The largest absolute Gasteiger partial charge is 0.310 e. The van der Waals surface area contributed by atoms with Crippen molar-refractivity contribution in [3.05, 3.63) is 172 Å². The van der Waals surface area contributed by atoms with Crippen LogP contribution in [-0.4, -0.2) is 4.92 Å². The molecule has 0 N–H and O–H groups in total. The summed E-state index contributed by atoms with van der Waals surface area (Å²) in [6.45, 7) is 6.69. The van der Waals surface area contributed by atoms with E-state index in [-0.39, 0.29) is 16.0 Å². The third kappa shape index (κ3) is 5.02. The standard InChI is InChI=1S/C40H33N3O2/c1-28-12-10-17-31(24-28)41(29-13-6-4-7-14-29)33-20-22-36-37-23-21-34(27-39(37)40(2,3)38(36)26-33)42(30-15-8-5-9-16-30)32-18-11-19-35(25-32)43(44)45/h4-27H,1-3H3. The third-order valence-corrected chi connectivity index (χ3v) is 8.75. The quantitative estimate of drug-likeness (QED) is 0.138. The summed E-state index contributed by atoms with van der Waals surface area (Å²) in [5, 5.41) is 11.7. The van der Waals surface area contributed by atoms with Gasteiger partial charge in [-0.15, -0.1) is 0 Å². The number of rotatable bonds is 7. The van der Waals surface area contributed by atoms with Crippen molar-refractivity contribution in [2.45, 2.75) is 26.2 Å². The van der Waals surface area contributed by atoms with Crippen molar-refractivity contribution < 1.29 is 4.92 Å². The summed E-state index contributed by atoms with van der Waals surface area (Å²) in [7, 11) is 0. The number of aryl methyl sites for hydroxylation is 1. The smallest absolute Gasteiger partial charge is 0.271 e. The van der Waals surface area contributed by atoms with Crippen molar-refractivity contribution in [1.29, 1.82) is 0 Å². The summed E-state index contributed by atoms with van der Waals surface area (Å²) in [5.41, 5.74) is 11.9. The van der Waals surface area contributed by atoms with E-state index in [1.54, 1.807) is 12.1 Å². The Labute approximate surface area is 263 Å². The maximum absolute atomic E-state index is 11.7. The van der Waals surface area contributed by atoms with E-state index < -0.39 is 0 Å². The summed E-state index contributed by atoms with van der Waals surface area (Å²) in [5.74, 6) is 0. The lowest BCUT2D eigenvalue weighted by Gasteiger charge is -2.29. The Morgan fingerprint density at radius 2 is 0.956 bits per heavy atom. The van der Waals surface area contributed by atoms with Crippen LogP contribution in [0, 0.1) is 17.0 Å².